The second-order valence-corrected chi connectivity index (χ2v) is 5.22. The third kappa shape index (κ3) is 21.2. The van der Waals surface area contributed by atoms with Gasteiger partial charge in [-0.1, -0.05) is 6.08 Å². The minimum Gasteiger partial charge on any atom is -0.330 e. The minimum atomic E-state index is -4.43. The maximum atomic E-state index is 10.1. The summed E-state index contributed by atoms with van der Waals surface area (Å²) >= 11 is 0. The van der Waals surface area contributed by atoms with Crippen molar-refractivity contribution in [3.05, 3.63) is 12.7 Å². The second-order valence-electron chi connectivity index (χ2n) is 2.79. The lowest BCUT2D eigenvalue weighted by atomic mass is 10.4. The molecule has 0 saturated heterocycles. The molecule has 18 heavy (non-hydrogen) atoms. The van der Waals surface area contributed by atoms with Crippen molar-refractivity contribution in [2.45, 2.75) is 12.6 Å². The van der Waals surface area contributed by atoms with Gasteiger partial charge in [0.25, 0.3) is 0 Å². The molecule has 110 valence electrons. The van der Waals surface area contributed by atoms with Gasteiger partial charge in [0.05, 0.1) is 6.61 Å². The van der Waals surface area contributed by atoms with Crippen molar-refractivity contribution in [1.82, 2.24) is 0 Å². The predicted molar refractivity (Wildman–Crippen MR) is 63.0 cm³/mol. The van der Waals surface area contributed by atoms with Crippen LogP contribution in [0.5, 0.6) is 0 Å². The van der Waals surface area contributed by atoms with Crippen LogP contribution in [0.25, 0.3) is 0 Å². The van der Waals surface area contributed by atoms with Crippen LogP contribution in [0.2, 0.25) is 0 Å². The van der Waals surface area contributed by atoms with Gasteiger partial charge in [-0.05, 0) is 13.0 Å². The Kier molecular flexibility index (Phi) is 11.0. The van der Waals surface area contributed by atoms with E-state index < -0.39 is 21.9 Å². The fourth-order valence-corrected chi connectivity index (χ4v) is 1.30. The van der Waals surface area contributed by atoms with Crippen LogP contribution in [0.1, 0.15) is 6.42 Å². The van der Waals surface area contributed by atoms with Crippen LogP contribution in [0.15, 0.2) is 12.7 Å². The van der Waals surface area contributed by atoms with Gasteiger partial charge in [-0.25, -0.2) is 9.13 Å². The minimum absolute atomic E-state index is 0.121. The average molecular weight is 308 g/mol. The molecule has 1 atom stereocenters. The molecule has 0 aliphatic rings. The second kappa shape index (κ2) is 9.76. The summed E-state index contributed by atoms with van der Waals surface area (Å²) in [5.74, 6) is 0. The average Bonchev–Trinajstić information content (AvgIpc) is 2.12. The summed E-state index contributed by atoms with van der Waals surface area (Å²) < 4.78 is 27.9. The Morgan fingerprint density at radius 3 is 1.94 bits per heavy atom. The molecule has 1 unspecified atom stereocenters. The number of phosphoric ester groups is 2. The van der Waals surface area contributed by atoms with Crippen LogP contribution in [0.4, 0.5) is 0 Å². The Morgan fingerprint density at radius 2 is 1.72 bits per heavy atom. The zero-order chi connectivity index (χ0) is 14.8. The van der Waals surface area contributed by atoms with Gasteiger partial charge < -0.3 is 31.0 Å². The summed E-state index contributed by atoms with van der Waals surface area (Å²) in [6, 6.07) is 0. The highest BCUT2D eigenvalue weighted by Crippen LogP contribution is 2.36. The van der Waals surface area contributed by atoms with Crippen molar-refractivity contribution in [2.24, 2.45) is 11.5 Å². The largest absolute Gasteiger partial charge is 0.471 e. The zero-order valence-corrected chi connectivity index (χ0v) is 11.2. The molecule has 0 spiro atoms. The fourth-order valence-electron chi connectivity index (χ4n) is 0.543. The predicted octanol–water partition coefficient (Wildman–Crippen LogP) is -0.989. The number of hydrogen-bond acceptors (Lipinski definition) is 6. The lowest BCUT2D eigenvalue weighted by molar-refractivity contribution is 0.133. The maximum Gasteiger partial charge on any atom is 0.471 e. The van der Waals surface area contributed by atoms with E-state index >= 15 is 0 Å². The molecule has 0 aliphatic heterocycles. The molecule has 0 bridgehead atoms. The van der Waals surface area contributed by atoms with E-state index in [4.69, 9.17) is 31.0 Å². The molecule has 0 saturated carbocycles. The Labute approximate surface area is 104 Å². The molecule has 0 aliphatic carbocycles. The number of nitrogens with two attached hydrogens (primary N) is 2. The van der Waals surface area contributed by atoms with Crippen LogP contribution in [-0.2, 0) is 18.2 Å². The molecule has 10 nitrogen and oxygen atoms in total. The van der Waals surface area contributed by atoms with Crippen molar-refractivity contribution >= 4 is 15.6 Å². The van der Waals surface area contributed by atoms with E-state index in [2.05, 4.69) is 15.6 Å². The Hall–Kier alpha value is -0.120. The van der Waals surface area contributed by atoms with E-state index in [-0.39, 0.29) is 19.6 Å². The van der Waals surface area contributed by atoms with E-state index in [1.165, 1.54) is 6.08 Å². The lowest BCUT2D eigenvalue weighted by Gasteiger charge is -2.11. The van der Waals surface area contributed by atoms with Crippen molar-refractivity contribution < 1.29 is 37.8 Å². The van der Waals surface area contributed by atoms with Gasteiger partial charge in [-0.3, -0.25) is 9.05 Å². The number of rotatable bonds is 7. The number of hydrogen-bond donors (Lipinski definition) is 6. The van der Waals surface area contributed by atoms with E-state index in [1.54, 1.807) is 0 Å². The van der Waals surface area contributed by atoms with Gasteiger partial charge in [-0.2, -0.15) is 0 Å². The summed E-state index contributed by atoms with van der Waals surface area (Å²) in [6.07, 6.45) is 0.510. The molecular formula is C6H18N2O8P2. The van der Waals surface area contributed by atoms with E-state index in [0.717, 1.165) is 0 Å². The van der Waals surface area contributed by atoms with Crippen LogP contribution >= 0.6 is 15.6 Å². The molecule has 0 heterocycles. The highest BCUT2D eigenvalue weighted by Gasteiger charge is 2.18. The van der Waals surface area contributed by atoms with Gasteiger partial charge in [-0.15, -0.1) is 6.58 Å². The SMILES string of the molecule is C=CCOP(=O)(O)O.NCCC(N)OP(=O)(O)O. The van der Waals surface area contributed by atoms with Crippen molar-refractivity contribution in [3.63, 3.8) is 0 Å². The van der Waals surface area contributed by atoms with Crippen LogP contribution < -0.4 is 11.5 Å². The molecule has 8 N–H and O–H groups in total. The summed E-state index contributed by atoms with van der Waals surface area (Å²) in [5, 5.41) is 0. The van der Waals surface area contributed by atoms with Gasteiger partial charge in [0, 0.05) is 0 Å². The number of phosphoric acid groups is 2. The summed E-state index contributed by atoms with van der Waals surface area (Å²) in [6.45, 7) is 3.31. The Bertz CT molecular complexity index is 313. The smallest absolute Gasteiger partial charge is 0.330 e. The zero-order valence-electron chi connectivity index (χ0n) is 9.45. The molecule has 0 aromatic carbocycles. The van der Waals surface area contributed by atoms with Crippen LogP contribution in [0.3, 0.4) is 0 Å². The van der Waals surface area contributed by atoms with Crippen molar-refractivity contribution in [2.75, 3.05) is 13.2 Å². The molecule has 0 aromatic rings. The first-order valence-electron chi connectivity index (χ1n) is 4.52. The van der Waals surface area contributed by atoms with Gasteiger partial charge in [0.2, 0.25) is 0 Å². The first kappa shape index (κ1) is 20.2. The molecule has 0 aromatic heterocycles. The highest BCUT2D eigenvalue weighted by molar-refractivity contribution is 7.46. The normalized spacial score (nSPS) is 13.4. The monoisotopic (exact) mass is 308 g/mol. The summed E-state index contributed by atoms with van der Waals surface area (Å²) in [5.41, 5.74) is 10.1. The van der Waals surface area contributed by atoms with Crippen molar-refractivity contribution in [1.29, 1.82) is 0 Å². The molecule has 0 fully saturated rings. The highest BCUT2D eigenvalue weighted by atomic mass is 31.2. The first-order valence-corrected chi connectivity index (χ1v) is 7.58. The quantitative estimate of drug-likeness (QED) is 0.194. The van der Waals surface area contributed by atoms with Crippen molar-refractivity contribution in [3.8, 4) is 0 Å². The first-order chi connectivity index (χ1) is 8.02. The third-order valence-corrected chi connectivity index (χ3v) is 2.12. The van der Waals surface area contributed by atoms with E-state index in [9.17, 15) is 9.13 Å². The van der Waals surface area contributed by atoms with Gasteiger partial charge in [0.1, 0.15) is 6.23 Å². The summed E-state index contributed by atoms with van der Waals surface area (Å²) in [7, 11) is -8.69. The van der Waals surface area contributed by atoms with Gasteiger partial charge in [0.15, 0.2) is 0 Å². The Balaban J connectivity index is 0. The molecule has 0 amide bonds. The molecule has 0 rings (SSSR count). The van der Waals surface area contributed by atoms with Crippen LogP contribution in [-0.4, -0.2) is 39.0 Å². The molecule has 12 heteroatoms. The third-order valence-electron chi connectivity index (χ3n) is 1.08. The Morgan fingerprint density at radius 1 is 1.22 bits per heavy atom. The van der Waals surface area contributed by atoms with E-state index in [0.29, 0.717) is 0 Å². The molecule has 0 radical (unpaired) electrons. The standard InChI is InChI=1S/C3H11N2O4P.C3H7O4P/c4-2-1-3(5)9-10(6,7)8;1-2-3-7-8(4,5)6/h3H,1-2,4-5H2,(H2,6,7,8);2H,1,3H2,(H2,4,5,6). The fraction of sp³-hybridized carbons (Fsp3) is 0.667. The maximum absolute atomic E-state index is 10.1. The lowest BCUT2D eigenvalue weighted by Crippen LogP contribution is -2.25. The molecular weight excluding hydrogens is 290 g/mol. The van der Waals surface area contributed by atoms with Crippen LogP contribution in [0, 0.1) is 0 Å². The topological polar surface area (TPSA) is 186 Å². The summed E-state index contributed by atoms with van der Waals surface area (Å²) in [4.78, 5) is 32.3. The van der Waals surface area contributed by atoms with Gasteiger partial charge >= 0.3 is 15.6 Å². The van der Waals surface area contributed by atoms with E-state index in [1.807, 2.05) is 0 Å².